The topological polar surface area (TPSA) is 64.9 Å². The van der Waals surface area contributed by atoms with Gasteiger partial charge >= 0.3 is 6.18 Å². The summed E-state index contributed by atoms with van der Waals surface area (Å²) in [7, 11) is 0. The Morgan fingerprint density at radius 3 is 2.55 bits per heavy atom. The number of rotatable bonds is 4. The van der Waals surface area contributed by atoms with Gasteiger partial charge in [-0.1, -0.05) is 24.3 Å². The van der Waals surface area contributed by atoms with E-state index < -0.39 is 17.6 Å². The van der Waals surface area contributed by atoms with Crippen molar-refractivity contribution < 1.29 is 23.1 Å². The number of amides is 1. The van der Waals surface area contributed by atoms with Crippen LogP contribution in [-0.4, -0.2) is 17.2 Å². The molecule has 0 radical (unpaired) electrons. The molecular weight excluding hydrogens is 407 g/mol. The first-order chi connectivity index (χ1) is 14.8. The van der Waals surface area contributed by atoms with Gasteiger partial charge in [0.2, 0.25) is 0 Å². The summed E-state index contributed by atoms with van der Waals surface area (Å²) in [5.74, 6) is -0.375. The molecule has 0 saturated carbocycles. The van der Waals surface area contributed by atoms with E-state index in [1.165, 1.54) is 18.3 Å². The zero-order valence-corrected chi connectivity index (χ0v) is 16.2. The molecule has 3 aromatic rings. The highest BCUT2D eigenvalue weighted by Crippen LogP contribution is 2.34. The van der Waals surface area contributed by atoms with Crippen molar-refractivity contribution in [2.24, 2.45) is 5.10 Å². The van der Waals surface area contributed by atoms with Gasteiger partial charge in [-0.05, 0) is 53.6 Å². The molecule has 8 heteroatoms. The average Bonchev–Trinajstić information content (AvgIpc) is 3.18. The normalized spacial score (nSPS) is 13.5. The lowest BCUT2D eigenvalue weighted by molar-refractivity contribution is -0.137. The van der Waals surface area contributed by atoms with E-state index in [4.69, 9.17) is 0 Å². The Morgan fingerprint density at radius 2 is 1.77 bits per heavy atom. The number of para-hydroxylation sites is 1. The Morgan fingerprint density at radius 1 is 1.00 bits per heavy atom. The summed E-state index contributed by atoms with van der Waals surface area (Å²) in [4.78, 5) is 14.2. The highest BCUT2D eigenvalue weighted by Gasteiger charge is 2.31. The lowest BCUT2D eigenvalue weighted by Gasteiger charge is -2.19. The molecule has 0 aliphatic carbocycles. The zero-order chi connectivity index (χ0) is 22.0. The highest BCUT2D eigenvalue weighted by molar-refractivity contribution is 5.95. The molecule has 1 aliphatic rings. The van der Waals surface area contributed by atoms with Crippen molar-refractivity contribution in [3.8, 4) is 5.75 Å². The molecule has 0 bridgehead atoms. The van der Waals surface area contributed by atoms with Crippen LogP contribution in [0.25, 0.3) is 0 Å². The molecular formula is C23H18F3N3O2. The number of anilines is 1. The fourth-order valence-electron chi connectivity index (χ4n) is 3.42. The molecule has 0 saturated heterocycles. The van der Waals surface area contributed by atoms with E-state index in [9.17, 15) is 23.1 Å². The van der Waals surface area contributed by atoms with E-state index in [2.05, 4.69) is 10.5 Å². The first kappa shape index (κ1) is 20.5. The van der Waals surface area contributed by atoms with Gasteiger partial charge in [-0.25, -0.2) is 5.43 Å². The maximum atomic E-state index is 13.0. The van der Waals surface area contributed by atoms with Crippen molar-refractivity contribution in [1.29, 1.82) is 0 Å². The van der Waals surface area contributed by atoms with Crippen molar-refractivity contribution in [3.63, 3.8) is 0 Å². The Labute approximate surface area is 176 Å². The number of alkyl halides is 3. The fraction of sp³-hybridized carbons (Fsp3) is 0.130. The van der Waals surface area contributed by atoms with Crippen molar-refractivity contribution in [2.75, 3.05) is 4.90 Å². The van der Waals surface area contributed by atoms with Crippen LogP contribution in [0.2, 0.25) is 0 Å². The van der Waals surface area contributed by atoms with Gasteiger partial charge in [0.05, 0.1) is 11.8 Å². The standard InChI is InChI=1S/C23H18F3N3O2/c24-23(25,26)19-5-3-6-20(11-19)29-13-17-9-8-15(10-18(17)14-29)22(31)28-27-12-16-4-1-2-7-21(16)30/h1-12,30H,13-14H2,(H,28,31)/b27-12+. The number of aromatic hydroxyl groups is 1. The minimum Gasteiger partial charge on any atom is -0.507 e. The molecule has 3 aromatic carbocycles. The summed E-state index contributed by atoms with van der Waals surface area (Å²) < 4.78 is 39.0. The average molecular weight is 425 g/mol. The molecule has 0 spiro atoms. The quantitative estimate of drug-likeness (QED) is 0.471. The van der Waals surface area contributed by atoms with Crippen LogP contribution in [0.4, 0.5) is 18.9 Å². The van der Waals surface area contributed by atoms with Gasteiger partial charge in [-0.2, -0.15) is 18.3 Å². The van der Waals surface area contributed by atoms with Crippen LogP contribution in [0.1, 0.15) is 32.6 Å². The number of phenols is 1. The monoisotopic (exact) mass is 425 g/mol. The Kier molecular flexibility index (Phi) is 5.37. The Hall–Kier alpha value is -3.81. The van der Waals surface area contributed by atoms with Crippen LogP contribution in [-0.2, 0) is 19.3 Å². The molecule has 0 unspecified atom stereocenters. The predicted molar refractivity (Wildman–Crippen MR) is 111 cm³/mol. The molecule has 158 valence electrons. The van der Waals surface area contributed by atoms with Gasteiger partial charge < -0.3 is 10.0 Å². The van der Waals surface area contributed by atoms with Gasteiger partial charge in [0.1, 0.15) is 5.75 Å². The Bertz CT molecular complexity index is 1160. The molecule has 1 aliphatic heterocycles. The fourth-order valence-corrected chi connectivity index (χ4v) is 3.42. The molecule has 0 aromatic heterocycles. The second-order valence-corrected chi connectivity index (χ2v) is 7.15. The number of halogens is 3. The van der Waals surface area contributed by atoms with E-state index >= 15 is 0 Å². The number of nitrogens with one attached hydrogen (secondary N) is 1. The van der Waals surface area contributed by atoms with Crippen molar-refractivity contribution in [3.05, 3.63) is 94.5 Å². The molecule has 31 heavy (non-hydrogen) atoms. The van der Waals surface area contributed by atoms with Crippen molar-refractivity contribution >= 4 is 17.8 Å². The number of nitrogens with zero attached hydrogens (tertiary/aromatic N) is 2. The molecule has 2 N–H and O–H groups in total. The summed E-state index contributed by atoms with van der Waals surface area (Å²) in [6, 6.07) is 17.0. The molecule has 0 fully saturated rings. The van der Waals surface area contributed by atoms with Gasteiger partial charge in [0.15, 0.2) is 0 Å². The number of hydrazone groups is 1. The third-order valence-electron chi connectivity index (χ3n) is 5.04. The van der Waals surface area contributed by atoms with Crippen LogP contribution in [0, 0.1) is 0 Å². The van der Waals surface area contributed by atoms with Crippen molar-refractivity contribution in [2.45, 2.75) is 19.3 Å². The molecule has 0 atom stereocenters. The Balaban J connectivity index is 1.45. The summed E-state index contributed by atoms with van der Waals surface area (Å²) in [6.45, 7) is 0.864. The first-order valence-electron chi connectivity index (χ1n) is 9.47. The number of carbonyl (C=O) groups excluding carboxylic acids is 1. The number of carbonyl (C=O) groups is 1. The number of hydrogen-bond acceptors (Lipinski definition) is 4. The lowest BCUT2D eigenvalue weighted by Crippen LogP contribution is -2.18. The molecule has 1 heterocycles. The minimum atomic E-state index is -4.40. The van der Waals surface area contributed by atoms with E-state index in [1.807, 2.05) is 4.90 Å². The number of fused-ring (bicyclic) bond motifs is 1. The lowest BCUT2D eigenvalue weighted by atomic mass is 10.1. The summed E-state index contributed by atoms with van der Waals surface area (Å²) >= 11 is 0. The molecule has 1 amide bonds. The van der Waals surface area contributed by atoms with Crippen molar-refractivity contribution in [1.82, 2.24) is 5.43 Å². The van der Waals surface area contributed by atoms with E-state index in [-0.39, 0.29) is 5.75 Å². The van der Waals surface area contributed by atoms with Crippen LogP contribution in [0.3, 0.4) is 0 Å². The van der Waals surface area contributed by atoms with Crippen LogP contribution in [0.5, 0.6) is 5.75 Å². The first-order valence-corrected chi connectivity index (χ1v) is 9.47. The van der Waals surface area contributed by atoms with Crippen LogP contribution >= 0.6 is 0 Å². The second kappa shape index (κ2) is 8.14. The number of phenolic OH excluding ortho intramolecular Hbond substituents is 1. The number of benzene rings is 3. The van der Waals surface area contributed by atoms with Gasteiger partial charge in [0.25, 0.3) is 5.91 Å². The predicted octanol–water partition coefficient (Wildman–Crippen LogP) is 4.70. The largest absolute Gasteiger partial charge is 0.507 e. The summed E-state index contributed by atoms with van der Waals surface area (Å²) in [5.41, 5.74) is 4.87. The smallest absolute Gasteiger partial charge is 0.416 e. The van der Waals surface area contributed by atoms with E-state index in [1.54, 1.807) is 42.5 Å². The van der Waals surface area contributed by atoms with Gasteiger partial charge in [-0.15, -0.1) is 0 Å². The highest BCUT2D eigenvalue weighted by atomic mass is 19.4. The molecule has 5 nitrogen and oxygen atoms in total. The number of hydrogen-bond donors (Lipinski definition) is 2. The maximum Gasteiger partial charge on any atom is 0.416 e. The molecule has 4 rings (SSSR count). The summed E-state index contributed by atoms with van der Waals surface area (Å²) in [5, 5.41) is 13.6. The third-order valence-corrected chi connectivity index (χ3v) is 5.04. The summed E-state index contributed by atoms with van der Waals surface area (Å²) in [6.07, 6.45) is -3.05. The SMILES string of the molecule is O=C(N/N=C/c1ccccc1O)c1ccc2c(c1)CN(c1cccc(C(F)(F)F)c1)C2. The zero-order valence-electron chi connectivity index (χ0n) is 16.2. The van der Waals surface area contributed by atoms with E-state index in [0.717, 1.165) is 23.3 Å². The van der Waals surface area contributed by atoms with Gasteiger partial charge in [0, 0.05) is 29.9 Å². The van der Waals surface area contributed by atoms with Crippen LogP contribution in [0.15, 0.2) is 71.8 Å². The van der Waals surface area contributed by atoms with Crippen LogP contribution < -0.4 is 10.3 Å². The third kappa shape index (κ3) is 4.53. The van der Waals surface area contributed by atoms with Gasteiger partial charge in [-0.3, -0.25) is 4.79 Å². The maximum absolute atomic E-state index is 13.0. The second-order valence-electron chi connectivity index (χ2n) is 7.15. The minimum absolute atomic E-state index is 0.0488. The van der Waals surface area contributed by atoms with E-state index in [0.29, 0.717) is 29.9 Å².